The van der Waals surface area contributed by atoms with E-state index in [0.29, 0.717) is 5.04 Å². The van der Waals surface area contributed by atoms with E-state index in [2.05, 4.69) is 40.8 Å². The lowest BCUT2D eigenvalue weighted by molar-refractivity contribution is 0.667. The average molecular weight is 200 g/mol. The van der Waals surface area contributed by atoms with Crippen molar-refractivity contribution >= 4 is 8.07 Å². The SMILES string of the molecule is CCCCCC[Si](C)(C)C(C)(C)C. The van der Waals surface area contributed by atoms with Gasteiger partial charge in [-0.25, -0.2) is 0 Å². The van der Waals surface area contributed by atoms with Crippen LogP contribution in [0.25, 0.3) is 0 Å². The minimum Gasteiger partial charge on any atom is -0.0690 e. The van der Waals surface area contributed by atoms with Gasteiger partial charge in [0.2, 0.25) is 0 Å². The molecule has 0 spiro atoms. The second-order valence-corrected chi connectivity index (χ2v) is 11.7. The van der Waals surface area contributed by atoms with Gasteiger partial charge in [0.05, 0.1) is 8.07 Å². The topological polar surface area (TPSA) is 0 Å². The van der Waals surface area contributed by atoms with Gasteiger partial charge < -0.3 is 0 Å². The molecule has 80 valence electrons. The van der Waals surface area contributed by atoms with Crippen molar-refractivity contribution in [1.29, 1.82) is 0 Å². The van der Waals surface area contributed by atoms with Crippen molar-refractivity contribution in [2.24, 2.45) is 0 Å². The van der Waals surface area contributed by atoms with E-state index in [-0.39, 0.29) is 0 Å². The lowest BCUT2D eigenvalue weighted by Gasteiger charge is -2.37. The van der Waals surface area contributed by atoms with E-state index in [9.17, 15) is 0 Å². The molecule has 0 unspecified atom stereocenters. The summed E-state index contributed by atoms with van der Waals surface area (Å²) in [6.45, 7) is 14.6. The smallest absolute Gasteiger partial charge is 0.0527 e. The summed E-state index contributed by atoms with van der Waals surface area (Å²) in [6.07, 6.45) is 5.69. The van der Waals surface area contributed by atoms with E-state index in [1.54, 1.807) is 0 Å². The molecule has 0 heterocycles. The van der Waals surface area contributed by atoms with Crippen LogP contribution in [-0.4, -0.2) is 8.07 Å². The van der Waals surface area contributed by atoms with E-state index in [0.717, 1.165) is 0 Å². The summed E-state index contributed by atoms with van der Waals surface area (Å²) in [5.41, 5.74) is 0. The molecule has 0 radical (unpaired) electrons. The third-order valence-electron chi connectivity index (χ3n) is 3.69. The molecule has 0 fully saturated rings. The van der Waals surface area contributed by atoms with Crippen molar-refractivity contribution in [3.63, 3.8) is 0 Å². The Morgan fingerprint density at radius 1 is 0.923 bits per heavy atom. The minimum absolute atomic E-state index is 0.583. The Kier molecular flexibility index (Phi) is 5.27. The van der Waals surface area contributed by atoms with Gasteiger partial charge in [-0.05, 0) is 5.04 Å². The predicted molar refractivity (Wildman–Crippen MR) is 66.1 cm³/mol. The Hall–Kier alpha value is 0.217. The molecule has 0 bridgehead atoms. The van der Waals surface area contributed by atoms with Crippen molar-refractivity contribution in [2.75, 3.05) is 0 Å². The third kappa shape index (κ3) is 4.85. The van der Waals surface area contributed by atoms with Crippen LogP contribution >= 0.6 is 0 Å². The highest BCUT2D eigenvalue weighted by molar-refractivity contribution is 6.80. The fourth-order valence-electron chi connectivity index (χ4n) is 1.37. The van der Waals surface area contributed by atoms with Crippen LogP contribution in [0.1, 0.15) is 53.4 Å². The Morgan fingerprint density at radius 3 is 1.85 bits per heavy atom. The molecular formula is C12H28Si. The summed E-state index contributed by atoms with van der Waals surface area (Å²) in [5, 5.41) is 0.583. The first-order chi connectivity index (χ1) is 5.81. The highest BCUT2D eigenvalue weighted by atomic mass is 28.3. The molecule has 0 saturated carbocycles. The summed E-state index contributed by atoms with van der Waals surface area (Å²) in [4.78, 5) is 0. The molecule has 0 aromatic carbocycles. The predicted octanol–water partition coefficient (Wildman–Crippen LogP) is 5.08. The highest BCUT2D eigenvalue weighted by Gasteiger charge is 2.33. The number of rotatable bonds is 5. The Labute approximate surface area is 86.1 Å². The Morgan fingerprint density at radius 2 is 1.46 bits per heavy atom. The maximum atomic E-state index is 2.54. The summed E-state index contributed by atoms with van der Waals surface area (Å²) in [7, 11) is -0.955. The van der Waals surface area contributed by atoms with E-state index in [1.165, 1.54) is 31.7 Å². The van der Waals surface area contributed by atoms with Crippen LogP contribution in [0.3, 0.4) is 0 Å². The zero-order valence-electron chi connectivity index (χ0n) is 10.5. The standard InChI is InChI=1S/C12H28Si/c1-7-8-9-10-11-13(5,6)12(2,3)4/h7-11H2,1-6H3. The van der Waals surface area contributed by atoms with Crippen molar-refractivity contribution in [1.82, 2.24) is 0 Å². The second-order valence-electron chi connectivity index (χ2n) is 5.94. The summed E-state index contributed by atoms with van der Waals surface area (Å²) in [6, 6.07) is 1.51. The Bertz CT molecular complexity index is 131. The van der Waals surface area contributed by atoms with Crippen LogP contribution in [0, 0.1) is 0 Å². The molecule has 0 saturated heterocycles. The van der Waals surface area contributed by atoms with Gasteiger partial charge in [-0.2, -0.15) is 0 Å². The van der Waals surface area contributed by atoms with E-state index >= 15 is 0 Å². The highest BCUT2D eigenvalue weighted by Crippen LogP contribution is 2.39. The lowest BCUT2D eigenvalue weighted by atomic mass is 10.2. The minimum atomic E-state index is -0.955. The van der Waals surface area contributed by atoms with Crippen LogP contribution in [0.5, 0.6) is 0 Å². The number of hydrogen-bond donors (Lipinski definition) is 0. The number of hydrogen-bond acceptors (Lipinski definition) is 0. The Balaban J connectivity index is 3.77. The quantitative estimate of drug-likeness (QED) is 0.429. The molecule has 0 aliphatic heterocycles. The van der Waals surface area contributed by atoms with Gasteiger partial charge in [0.1, 0.15) is 0 Å². The average Bonchev–Trinajstić information content (AvgIpc) is 1.96. The van der Waals surface area contributed by atoms with Crippen molar-refractivity contribution in [3.05, 3.63) is 0 Å². The zero-order valence-corrected chi connectivity index (χ0v) is 11.5. The molecule has 0 aromatic heterocycles. The van der Waals surface area contributed by atoms with Gasteiger partial charge in [-0.1, -0.05) is 72.5 Å². The van der Waals surface area contributed by atoms with Gasteiger partial charge >= 0.3 is 0 Å². The van der Waals surface area contributed by atoms with Crippen LogP contribution in [-0.2, 0) is 0 Å². The second kappa shape index (κ2) is 5.19. The van der Waals surface area contributed by atoms with Gasteiger partial charge in [0.15, 0.2) is 0 Å². The van der Waals surface area contributed by atoms with Crippen molar-refractivity contribution in [2.45, 2.75) is 77.6 Å². The fourth-order valence-corrected chi connectivity index (χ4v) is 3.25. The first-order valence-electron chi connectivity index (χ1n) is 5.81. The maximum absolute atomic E-state index is 2.54. The van der Waals surface area contributed by atoms with E-state index in [4.69, 9.17) is 0 Å². The van der Waals surface area contributed by atoms with Crippen LogP contribution < -0.4 is 0 Å². The molecule has 1 heteroatoms. The molecule has 0 N–H and O–H groups in total. The van der Waals surface area contributed by atoms with Crippen molar-refractivity contribution < 1.29 is 0 Å². The first kappa shape index (κ1) is 13.2. The van der Waals surface area contributed by atoms with E-state index in [1.807, 2.05) is 0 Å². The maximum Gasteiger partial charge on any atom is 0.0527 e. The van der Waals surface area contributed by atoms with Gasteiger partial charge in [0.25, 0.3) is 0 Å². The normalized spacial score (nSPS) is 13.4. The van der Waals surface area contributed by atoms with Gasteiger partial charge in [-0.3, -0.25) is 0 Å². The molecule has 0 nitrogen and oxygen atoms in total. The van der Waals surface area contributed by atoms with E-state index < -0.39 is 8.07 Å². The molecule has 13 heavy (non-hydrogen) atoms. The van der Waals surface area contributed by atoms with Crippen molar-refractivity contribution in [3.8, 4) is 0 Å². The summed E-state index contributed by atoms with van der Waals surface area (Å²) < 4.78 is 0. The molecule has 0 rings (SSSR count). The molecule has 0 aromatic rings. The monoisotopic (exact) mass is 200 g/mol. The van der Waals surface area contributed by atoms with Crippen LogP contribution in [0.4, 0.5) is 0 Å². The van der Waals surface area contributed by atoms with Gasteiger partial charge in [0, 0.05) is 0 Å². The lowest BCUT2D eigenvalue weighted by Crippen LogP contribution is -2.36. The molecule has 0 amide bonds. The molecule has 0 aliphatic rings. The summed E-state index contributed by atoms with van der Waals surface area (Å²) >= 11 is 0. The number of unbranched alkanes of at least 4 members (excludes halogenated alkanes) is 3. The van der Waals surface area contributed by atoms with Crippen LogP contribution in [0.2, 0.25) is 24.2 Å². The largest absolute Gasteiger partial charge is 0.0690 e. The molecular weight excluding hydrogens is 172 g/mol. The summed E-state index contributed by atoms with van der Waals surface area (Å²) in [5.74, 6) is 0. The van der Waals surface area contributed by atoms with Gasteiger partial charge in [-0.15, -0.1) is 0 Å². The third-order valence-corrected chi connectivity index (χ3v) is 9.35. The van der Waals surface area contributed by atoms with Crippen LogP contribution in [0.15, 0.2) is 0 Å². The molecule has 0 aliphatic carbocycles. The fraction of sp³-hybridized carbons (Fsp3) is 1.00. The first-order valence-corrected chi connectivity index (χ1v) is 9.02. The molecule has 0 atom stereocenters. The zero-order chi connectivity index (χ0) is 10.5.